The third kappa shape index (κ3) is 7.57. The van der Waals surface area contributed by atoms with E-state index in [0.29, 0.717) is 37.4 Å². The number of ether oxygens (including phenoxy) is 3. The fraction of sp³-hybridized carbons (Fsp3) is 0.417. The van der Waals surface area contributed by atoms with E-state index in [1.807, 2.05) is 0 Å². The lowest BCUT2D eigenvalue weighted by Crippen LogP contribution is -2.43. The molecule has 0 bridgehead atoms. The Labute approximate surface area is 195 Å². The van der Waals surface area contributed by atoms with E-state index in [0.717, 1.165) is 12.1 Å². The summed E-state index contributed by atoms with van der Waals surface area (Å²) < 4.78 is 52.0. The molecular weight excluding hydrogens is 453 g/mol. The van der Waals surface area contributed by atoms with Gasteiger partial charge in [-0.3, -0.25) is 4.79 Å². The smallest absolute Gasteiger partial charge is 0.455 e. The predicted molar refractivity (Wildman–Crippen MR) is 119 cm³/mol. The minimum absolute atomic E-state index is 0.200. The standard InChI is InChI=1S/C24H27F3N2O5/c1-23(2,3)34-22(31)29-14-12-16(13-15-29)21(30)28-19-6-4-5-7-20(19)32-17-8-10-18(11-9-17)33-24(25,26)27/h4-11,16H,12-15H2,1-3H3,(H,28,30). The van der Waals surface area contributed by atoms with Crippen molar-refractivity contribution in [3.8, 4) is 17.2 Å². The molecule has 1 fully saturated rings. The fourth-order valence-electron chi connectivity index (χ4n) is 3.38. The van der Waals surface area contributed by atoms with E-state index >= 15 is 0 Å². The van der Waals surface area contributed by atoms with E-state index in [4.69, 9.17) is 9.47 Å². The molecule has 10 heteroatoms. The zero-order chi connectivity index (χ0) is 24.9. The summed E-state index contributed by atoms with van der Waals surface area (Å²) in [5.74, 6) is -0.230. The maximum Gasteiger partial charge on any atom is 0.573 e. The fourth-order valence-corrected chi connectivity index (χ4v) is 3.38. The number of anilines is 1. The van der Waals surface area contributed by atoms with Crippen molar-refractivity contribution >= 4 is 17.7 Å². The van der Waals surface area contributed by atoms with Gasteiger partial charge >= 0.3 is 12.5 Å². The Morgan fingerprint density at radius 2 is 1.53 bits per heavy atom. The first-order chi connectivity index (χ1) is 15.9. The molecule has 3 rings (SSSR count). The molecule has 2 aromatic rings. The summed E-state index contributed by atoms with van der Waals surface area (Å²) >= 11 is 0. The number of rotatable bonds is 5. The molecule has 0 spiro atoms. The average Bonchev–Trinajstić information content (AvgIpc) is 2.74. The van der Waals surface area contributed by atoms with Crippen LogP contribution in [0.25, 0.3) is 0 Å². The van der Waals surface area contributed by atoms with Crippen LogP contribution < -0.4 is 14.8 Å². The number of nitrogens with zero attached hydrogens (tertiary/aromatic N) is 1. The van der Waals surface area contributed by atoms with E-state index in [-0.39, 0.29) is 23.3 Å². The summed E-state index contributed by atoms with van der Waals surface area (Å²) in [6.45, 7) is 6.23. The molecule has 2 aromatic carbocycles. The van der Waals surface area contributed by atoms with Gasteiger partial charge in [0.25, 0.3) is 0 Å². The van der Waals surface area contributed by atoms with Crippen LogP contribution in [0.2, 0.25) is 0 Å². The monoisotopic (exact) mass is 480 g/mol. The van der Waals surface area contributed by atoms with Crippen molar-refractivity contribution in [1.82, 2.24) is 4.90 Å². The van der Waals surface area contributed by atoms with Crippen LogP contribution in [0, 0.1) is 5.92 Å². The third-order valence-electron chi connectivity index (χ3n) is 4.95. The Balaban J connectivity index is 1.58. The maximum atomic E-state index is 12.8. The van der Waals surface area contributed by atoms with Crippen LogP contribution in [0.4, 0.5) is 23.7 Å². The second-order valence-corrected chi connectivity index (χ2v) is 8.85. The van der Waals surface area contributed by atoms with Gasteiger partial charge in [-0.1, -0.05) is 12.1 Å². The molecule has 7 nitrogen and oxygen atoms in total. The lowest BCUT2D eigenvalue weighted by molar-refractivity contribution is -0.274. The van der Waals surface area contributed by atoms with Gasteiger partial charge in [0.1, 0.15) is 17.1 Å². The number of carbonyl (C=O) groups excluding carboxylic acids is 2. The highest BCUT2D eigenvalue weighted by atomic mass is 19.4. The number of nitrogens with one attached hydrogen (secondary N) is 1. The second-order valence-electron chi connectivity index (χ2n) is 8.85. The number of hydrogen-bond acceptors (Lipinski definition) is 5. The highest BCUT2D eigenvalue weighted by Crippen LogP contribution is 2.32. The lowest BCUT2D eigenvalue weighted by Gasteiger charge is -2.33. The van der Waals surface area contributed by atoms with E-state index in [9.17, 15) is 22.8 Å². The van der Waals surface area contributed by atoms with Gasteiger partial charge in [-0.05, 0) is 70.0 Å². The van der Waals surface area contributed by atoms with E-state index in [1.54, 1.807) is 49.9 Å². The van der Waals surface area contributed by atoms with Gasteiger partial charge in [-0.2, -0.15) is 0 Å². The molecular formula is C24H27F3N2O5. The Morgan fingerprint density at radius 3 is 2.12 bits per heavy atom. The predicted octanol–water partition coefficient (Wildman–Crippen LogP) is 5.96. The molecule has 0 unspecified atom stereocenters. The molecule has 34 heavy (non-hydrogen) atoms. The number of alkyl halides is 3. The van der Waals surface area contributed by atoms with Crippen molar-refractivity contribution in [2.75, 3.05) is 18.4 Å². The number of piperidine rings is 1. The summed E-state index contributed by atoms with van der Waals surface area (Å²) in [7, 11) is 0. The maximum absolute atomic E-state index is 12.8. The van der Waals surface area contributed by atoms with Gasteiger partial charge in [0.15, 0.2) is 5.75 Å². The zero-order valence-corrected chi connectivity index (χ0v) is 19.1. The molecule has 2 amide bonds. The molecule has 1 heterocycles. The third-order valence-corrected chi connectivity index (χ3v) is 4.95. The molecule has 1 aliphatic heterocycles. The van der Waals surface area contributed by atoms with Gasteiger partial charge in [0.05, 0.1) is 5.69 Å². The van der Waals surface area contributed by atoms with Crippen LogP contribution in [-0.2, 0) is 9.53 Å². The summed E-state index contributed by atoms with van der Waals surface area (Å²) in [6.07, 6.45) is -4.18. The van der Waals surface area contributed by atoms with Crippen LogP contribution >= 0.6 is 0 Å². The van der Waals surface area contributed by atoms with Gasteiger partial charge in [0.2, 0.25) is 5.91 Å². The number of amides is 2. The van der Waals surface area contributed by atoms with E-state index in [2.05, 4.69) is 10.1 Å². The molecule has 0 atom stereocenters. The Hall–Kier alpha value is -3.43. The highest BCUT2D eigenvalue weighted by molar-refractivity contribution is 5.94. The molecule has 184 valence electrons. The van der Waals surface area contributed by atoms with Crippen LogP contribution in [0.15, 0.2) is 48.5 Å². The Kier molecular flexibility index (Phi) is 7.58. The number of para-hydroxylation sites is 2. The zero-order valence-electron chi connectivity index (χ0n) is 19.1. The summed E-state index contributed by atoms with van der Waals surface area (Å²) in [6, 6.07) is 11.7. The van der Waals surface area contributed by atoms with Crippen LogP contribution in [0.5, 0.6) is 17.2 Å². The first kappa shape index (κ1) is 25.2. The van der Waals surface area contributed by atoms with Crippen molar-refractivity contribution in [1.29, 1.82) is 0 Å². The Morgan fingerprint density at radius 1 is 0.941 bits per heavy atom. The van der Waals surface area contributed by atoms with Crippen LogP contribution in [-0.4, -0.2) is 42.0 Å². The molecule has 0 radical (unpaired) electrons. The van der Waals surface area contributed by atoms with Gasteiger partial charge in [-0.15, -0.1) is 13.2 Å². The van der Waals surface area contributed by atoms with Crippen LogP contribution in [0.3, 0.4) is 0 Å². The van der Waals surface area contributed by atoms with E-state index in [1.165, 1.54) is 12.1 Å². The minimum atomic E-state index is -4.78. The molecule has 0 aliphatic carbocycles. The molecule has 1 saturated heterocycles. The van der Waals surface area contributed by atoms with Gasteiger partial charge in [0, 0.05) is 19.0 Å². The number of carbonyl (C=O) groups is 2. The van der Waals surface area contributed by atoms with Crippen molar-refractivity contribution in [2.45, 2.75) is 45.6 Å². The number of halogens is 3. The minimum Gasteiger partial charge on any atom is -0.455 e. The second kappa shape index (κ2) is 10.2. The Bertz CT molecular complexity index is 995. The number of hydrogen-bond donors (Lipinski definition) is 1. The molecule has 1 aliphatic rings. The molecule has 0 aromatic heterocycles. The normalized spacial score (nSPS) is 14.9. The SMILES string of the molecule is CC(C)(C)OC(=O)N1CCC(C(=O)Nc2ccccc2Oc2ccc(OC(F)(F)F)cc2)CC1. The number of likely N-dealkylation sites (tertiary alicyclic amines) is 1. The van der Waals surface area contributed by atoms with Crippen molar-refractivity contribution < 1.29 is 37.0 Å². The quantitative estimate of drug-likeness (QED) is 0.571. The summed E-state index contributed by atoms with van der Waals surface area (Å²) in [4.78, 5) is 26.6. The van der Waals surface area contributed by atoms with Crippen molar-refractivity contribution in [2.24, 2.45) is 5.92 Å². The topological polar surface area (TPSA) is 77.1 Å². The molecule has 1 N–H and O–H groups in total. The van der Waals surface area contributed by atoms with Gasteiger partial charge < -0.3 is 24.4 Å². The first-order valence-corrected chi connectivity index (χ1v) is 10.8. The van der Waals surface area contributed by atoms with E-state index < -0.39 is 18.1 Å². The van der Waals surface area contributed by atoms with Crippen LogP contribution in [0.1, 0.15) is 33.6 Å². The summed E-state index contributed by atoms with van der Waals surface area (Å²) in [5, 5.41) is 2.85. The number of benzene rings is 2. The highest BCUT2D eigenvalue weighted by Gasteiger charge is 2.31. The molecule has 0 saturated carbocycles. The average molecular weight is 480 g/mol. The van der Waals surface area contributed by atoms with Crippen molar-refractivity contribution in [3.63, 3.8) is 0 Å². The lowest BCUT2D eigenvalue weighted by atomic mass is 9.96. The van der Waals surface area contributed by atoms with Gasteiger partial charge in [-0.25, -0.2) is 4.79 Å². The largest absolute Gasteiger partial charge is 0.573 e. The summed E-state index contributed by atoms with van der Waals surface area (Å²) in [5.41, 5.74) is -0.154. The first-order valence-electron chi connectivity index (χ1n) is 10.8. The van der Waals surface area contributed by atoms with Crippen molar-refractivity contribution in [3.05, 3.63) is 48.5 Å².